The molecule has 0 unspecified atom stereocenters. The second-order valence-corrected chi connectivity index (χ2v) is 9.80. The van der Waals surface area contributed by atoms with Crippen molar-refractivity contribution in [1.82, 2.24) is 4.98 Å². The van der Waals surface area contributed by atoms with E-state index in [0.717, 1.165) is 38.0 Å². The number of nitrogens with one attached hydrogen (secondary N) is 1. The summed E-state index contributed by atoms with van der Waals surface area (Å²) in [6.45, 7) is 1.96. The SMILES string of the molecule is O=[N+]([O-])c1ccc(N2CCC[C@H](C[C@@H]3CCCC[C@H]3Nc3ncc(-c4cccc(F)c4)o3)C2)cc1. The number of nitro benzene ring substituents is 1. The van der Waals surface area contributed by atoms with Gasteiger partial charge < -0.3 is 14.6 Å². The molecule has 2 heterocycles. The van der Waals surface area contributed by atoms with E-state index in [0.29, 0.717) is 35.2 Å². The van der Waals surface area contributed by atoms with Crippen LogP contribution in [-0.4, -0.2) is 29.0 Å². The molecule has 0 spiro atoms. The van der Waals surface area contributed by atoms with Crippen molar-refractivity contribution in [3.63, 3.8) is 0 Å². The second-order valence-electron chi connectivity index (χ2n) is 9.80. The molecule has 3 aromatic rings. The summed E-state index contributed by atoms with van der Waals surface area (Å²) in [7, 11) is 0. The smallest absolute Gasteiger partial charge is 0.295 e. The zero-order chi connectivity index (χ0) is 24.2. The topological polar surface area (TPSA) is 84.4 Å². The van der Waals surface area contributed by atoms with Crippen LogP contribution in [0.3, 0.4) is 0 Å². The Morgan fingerprint density at radius 1 is 1.11 bits per heavy atom. The number of nitro groups is 1. The minimum absolute atomic E-state index is 0.130. The van der Waals surface area contributed by atoms with Crippen molar-refractivity contribution in [1.29, 1.82) is 0 Å². The van der Waals surface area contributed by atoms with Crippen molar-refractivity contribution in [2.24, 2.45) is 11.8 Å². The first-order chi connectivity index (χ1) is 17.0. The van der Waals surface area contributed by atoms with Gasteiger partial charge in [-0.05, 0) is 68.2 Å². The molecule has 1 saturated carbocycles. The van der Waals surface area contributed by atoms with Crippen LogP contribution in [0, 0.1) is 27.8 Å². The fraction of sp³-hybridized carbons (Fsp3) is 0.444. The van der Waals surface area contributed by atoms with Crippen LogP contribution in [0.25, 0.3) is 11.3 Å². The summed E-state index contributed by atoms with van der Waals surface area (Å²) in [5.74, 6) is 1.38. The van der Waals surface area contributed by atoms with Crippen molar-refractivity contribution in [2.45, 2.75) is 51.0 Å². The molecule has 7 nitrogen and oxygen atoms in total. The molecule has 5 rings (SSSR count). The molecule has 0 bridgehead atoms. The molecule has 1 aromatic heterocycles. The number of piperidine rings is 1. The van der Waals surface area contributed by atoms with Crippen molar-refractivity contribution < 1.29 is 13.7 Å². The van der Waals surface area contributed by atoms with Gasteiger partial charge in [-0.2, -0.15) is 0 Å². The third kappa shape index (κ3) is 5.63. The zero-order valence-corrected chi connectivity index (χ0v) is 19.7. The van der Waals surface area contributed by atoms with E-state index in [1.807, 2.05) is 18.2 Å². The van der Waals surface area contributed by atoms with Crippen LogP contribution >= 0.6 is 0 Å². The summed E-state index contributed by atoms with van der Waals surface area (Å²) in [5, 5.41) is 14.5. The number of non-ortho nitro benzene ring substituents is 1. The highest BCUT2D eigenvalue weighted by atomic mass is 19.1. The maximum atomic E-state index is 13.6. The Balaban J connectivity index is 1.22. The predicted molar refractivity (Wildman–Crippen MR) is 134 cm³/mol. The third-order valence-electron chi connectivity index (χ3n) is 7.41. The normalized spacial score (nSPS) is 22.7. The van der Waals surface area contributed by atoms with Gasteiger partial charge in [0.15, 0.2) is 5.76 Å². The van der Waals surface area contributed by atoms with E-state index >= 15 is 0 Å². The minimum Gasteiger partial charge on any atom is -0.424 e. The zero-order valence-electron chi connectivity index (χ0n) is 19.7. The lowest BCUT2D eigenvalue weighted by molar-refractivity contribution is -0.384. The fourth-order valence-corrected chi connectivity index (χ4v) is 5.66. The number of nitrogens with zero attached hydrogens (tertiary/aromatic N) is 3. The van der Waals surface area contributed by atoms with Gasteiger partial charge in [0.1, 0.15) is 5.82 Å². The molecular formula is C27H31FN4O3. The summed E-state index contributed by atoms with van der Waals surface area (Å²) in [4.78, 5) is 17.4. The molecule has 184 valence electrons. The molecule has 2 aromatic carbocycles. The average Bonchev–Trinajstić information content (AvgIpc) is 3.34. The summed E-state index contributed by atoms with van der Waals surface area (Å²) in [5.41, 5.74) is 1.87. The van der Waals surface area contributed by atoms with E-state index in [-0.39, 0.29) is 16.4 Å². The van der Waals surface area contributed by atoms with E-state index in [4.69, 9.17) is 4.42 Å². The van der Waals surface area contributed by atoms with Crippen LogP contribution < -0.4 is 10.2 Å². The molecule has 8 heteroatoms. The molecule has 2 fully saturated rings. The first-order valence-electron chi connectivity index (χ1n) is 12.5. The average molecular weight is 479 g/mol. The lowest BCUT2D eigenvalue weighted by Gasteiger charge is -2.39. The predicted octanol–water partition coefficient (Wildman–Crippen LogP) is 6.67. The number of hydrogen-bond donors (Lipinski definition) is 1. The van der Waals surface area contributed by atoms with Crippen molar-refractivity contribution >= 4 is 17.4 Å². The Labute approximate surface area is 204 Å². The first kappa shape index (κ1) is 23.3. The Morgan fingerprint density at radius 3 is 2.74 bits per heavy atom. The summed E-state index contributed by atoms with van der Waals surface area (Å²) in [6.07, 6.45) is 9.81. The van der Waals surface area contributed by atoms with Gasteiger partial charge in [0.25, 0.3) is 11.7 Å². The van der Waals surface area contributed by atoms with Gasteiger partial charge in [-0.1, -0.05) is 25.0 Å². The number of aromatic nitrogens is 1. The molecule has 1 saturated heterocycles. The van der Waals surface area contributed by atoms with Gasteiger partial charge >= 0.3 is 0 Å². The molecule has 1 N–H and O–H groups in total. The molecule has 1 aliphatic carbocycles. The quantitative estimate of drug-likeness (QED) is 0.302. The van der Waals surface area contributed by atoms with E-state index in [2.05, 4.69) is 15.2 Å². The van der Waals surface area contributed by atoms with Gasteiger partial charge in [-0.3, -0.25) is 10.1 Å². The number of hydrogen-bond acceptors (Lipinski definition) is 6. The molecule has 0 radical (unpaired) electrons. The Hall–Kier alpha value is -3.42. The van der Waals surface area contributed by atoms with Crippen LogP contribution in [0.4, 0.5) is 21.8 Å². The highest BCUT2D eigenvalue weighted by Crippen LogP contribution is 2.36. The van der Waals surface area contributed by atoms with E-state index in [1.165, 1.54) is 37.8 Å². The largest absolute Gasteiger partial charge is 0.424 e. The Bertz CT molecular complexity index is 1150. The lowest BCUT2D eigenvalue weighted by Crippen LogP contribution is -2.39. The standard InChI is InChI=1S/C27H31FN4O3/c28-22-8-3-7-21(16-22)26-17-29-27(35-26)30-25-9-2-1-6-20(25)15-19-5-4-14-31(18-19)23-10-12-24(13-11-23)32(33)34/h3,7-8,10-13,16-17,19-20,25H,1-2,4-6,9,14-15,18H2,(H,29,30)/t19-,20+,25-/m1/s1. The molecule has 2 aliphatic rings. The van der Waals surface area contributed by atoms with Crippen LogP contribution in [0.1, 0.15) is 44.9 Å². The van der Waals surface area contributed by atoms with E-state index in [9.17, 15) is 14.5 Å². The number of benzene rings is 2. The molecule has 3 atom stereocenters. The van der Waals surface area contributed by atoms with Crippen molar-refractivity contribution in [2.75, 3.05) is 23.3 Å². The molecule has 35 heavy (non-hydrogen) atoms. The van der Waals surface area contributed by atoms with E-state index < -0.39 is 0 Å². The Morgan fingerprint density at radius 2 is 1.94 bits per heavy atom. The maximum absolute atomic E-state index is 13.6. The van der Waals surface area contributed by atoms with Gasteiger partial charge in [-0.15, -0.1) is 0 Å². The molecule has 1 aliphatic heterocycles. The van der Waals surface area contributed by atoms with Crippen molar-refractivity contribution in [3.05, 3.63) is 70.7 Å². The molecular weight excluding hydrogens is 447 g/mol. The maximum Gasteiger partial charge on any atom is 0.295 e. The van der Waals surface area contributed by atoms with Crippen LogP contribution in [0.2, 0.25) is 0 Å². The van der Waals surface area contributed by atoms with Crippen LogP contribution in [0.15, 0.2) is 59.1 Å². The van der Waals surface area contributed by atoms with Gasteiger partial charge in [0.05, 0.1) is 11.1 Å². The van der Waals surface area contributed by atoms with Gasteiger partial charge in [0.2, 0.25) is 0 Å². The number of anilines is 2. The summed E-state index contributed by atoms with van der Waals surface area (Å²) >= 11 is 0. The van der Waals surface area contributed by atoms with Gasteiger partial charge in [-0.25, -0.2) is 9.37 Å². The van der Waals surface area contributed by atoms with Crippen LogP contribution in [-0.2, 0) is 0 Å². The minimum atomic E-state index is -0.353. The van der Waals surface area contributed by atoms with Crippen molar-refractivity contribution in [3.8, 4) is 11.3 Å². The summed E-state index contributed by atoms with van der Waals surface area (Å²) < 4.78 is 19.5. The fourth-order valence-electron chi connectivity index (χ4n) is 5.66. The van der Waals surface area contributed by atoms with Gasteiger partial charge in [0, 0.05) is 42.5 Å². The number of oxazole rings is 1. The Kier molecular flexibility index (Phi) is 6.97. The summed E-state index contributed by atoms with van der Waals surface area (Å²) in [6, 6.07) is 14.1. The highest BCUT2D eigenvalue weighted by Gasteiger charge is 2.31. The number of rotatable bonds is 7. The third-order valence-corrected chi connectivity index (χ3v) is 7.41. The van der Waals surface area contributed by atoms with E-state index in [1.54, 1.807) is 24.4 Å². The molecule has 0 amide bonds. The first-order valence-corrected chi connectivity index (χ1v) is 12.5. The highest BCUT2D eigenvalue weighted by molar-refractivity contribution is 5.57. The second kappa shape index (κ2) is 10.5. The monoisotopic (exact) mass is 478 g/mol. The number of halogens is 1. The van der Waals surface area contributed by atoms with Crippen LogP contribution in [0.5, 0.6) is 0 Å². The lowest BCUT2D eigenvalue weighted by atomic mass is 9.77.